The van der Waals surface area contributed by atoms with Crippen molar-refractivity contribution in [2.24, 2.45) is 5.73 Å². The molecule has 0 aliphatic carbocycles. The van der Waals surface area contributed by atoms with Crippen molar-refractivity contribution in [3.8, 4) is 0 Å². The molecular formula is C9H17N3O. The fourth-order valence-corrected chi connectivity index (χ4v) is 1.09. The van der Waals surface area contributed by atoms with Crippen LogP contribution in [0, 0.1) is 0 Å². The molecule has 0 saturated heterocycles. The Bertz CT molecular complexity index is 235. The van der Waals surface area contributed by atoms with E-state index < -0.39 is 6.10 Å². The number of aliphatic hydroxyl groups is 1. The zero-order chi connectivity index (χ0) is 9.84. The van der Waals surface area contributed by atoms with Crippen LogP contribution in [-0.2, 0) is 0 Å². The third-order valence-corrected chi connectivity index (χ3v) is 2.27. The topological polar surface area (TPSA) is 64.1 Å². The minimum absolute atomic E-state index is 0.242. The molecule has 0 radical (unpaired) electrons. The molecule has 1 aromatic rings. The smallest absolute Gasteiger partial charge is 0.0942 e. The first-order chi connectivity index (χ1) is 6.19. The standard InChI is InChI=1S/C9H17N3O/c1-3-7(2)12-6-8(5-11-12)9(13)4-10/h5-7,9,13H,3-4,10H2,1-2H3. The molecule has 0 spiro atoms. The molecule has 4 heteroatoms. The van der Waals surface area contributed by atoms with Crippen LogP contribution in [0.4, 0.5) is 0 Å². The highest BCUT2D eigenvalue weighted by Crippen LogP contribution is 2.14. The molecule has 4 nitrogen and oxygen atoms in total. The van der Waals surface area contributed by atoms with Gasteiger partial charge in [0, 0.05) is 24.3 Å². The number of hydrogen-bond acceptors (Lipinski definition) is 3. The van der Waals surface area contributed by atoms with Crippen molar-refractivity contribution in [3.63, 3.8) is 0 Å². The van der Waals surface area contributed by atoms with Crippen LogP contribution in [0.15, 0.2) is 12.4 Å². The quantitative estimate of drug-likeness (QED) is 0.727. The fourth-order valence-electron chi connectivity index (χ4n) is 1.09. The van der Waals surface area contributed by atoms with E-state index in [0.717, 1.165) is 12.0 Å². The molecule has 0 aromatic carbocycles. The Hall–Kier alpha value is -0.870. The van der Waals surface area contributed by atoms with E-state index >= 15 is 0 Å². The van der Waals surface area contributed by atoms with Crippen molar-refractivity contribution in [2.45, 2.75) is 32.4 Å². The van der Waals surface area contributed by atoms with E-state index in [9.17, 15) is 5.11 Å². The maximum atomic E-state index is 9.42. The number of aromatic nitrogens is 2. The number of nitrogens with zero attached hydrogens (tertiary/aromatic N) is 2. The van der Waals surface area contributed by atoms with Crippen LogP contribution in [0.3, 0.4) is 0 Å². The number of hydrogen-bond donors (Lipinski definition) is 2. The fraction of sp³-hybridized carbons (Fsp3) is 0.667. The summed E-state index contributed by atoms with van der Waals surface area (Å²) in [4.78, 5) is 0. The molecule has 3 N–H and O–H groups in total. The molecule has 0 bridgehead atoms. The van der Waals surface area contributed by atoms with E-state index in [4.69, 9.17) is 5.73 Å². The average molecular weight is 183 g/mol. The minimum Gasteiger partial charge on any atom is -0.387 e. The van der Waals surface area contributed by atoms with Gasteiger partial charge in [0.1, 0.15) is 0 Å². The molecule has 2 atom stereocenters. The second-order valence-electron chi connectivity index (χ2n) is 3.26. The number of rotatable bonds is 4. The molecular weight excluding hydrogens is 166 g/mol. The third kappa shape index (κ3) is 2.29. The van der Waals surface area contributed by atoms with Crippen LogP contribution < -0.4 is 5.73 Å². The highest BCUT2D eigenvalue weighted by molar-refractivity contribution is 5.08. The predicted octanol–water partition coefficient (Wildman–Crippen LogP) is 0.846. The van der Waals surface area contributed by atoms with Gasteiger partial charge in [-0.2, -0.15) is 5.10 Å². The van der Waals surface area contributed by atoms with E-state index in [1.54, 1.807) is 6.20 Å². The summed E-state index contributed by atoms with van der Waals surface area (Å²) in [6.45, 7) is 4.43. The zero-order valence-electron chi connectivity index (χ0n) is 8.14. The Morgan fingerprint density at radius 1 is 1.69 bits per heavy atom. The monoisotopic (exact) mass is 183 g/mol. The largest absolute Gasteiger partial charge is 0.387 e. The molecule has 1 aromatic heterocycles. The van der Waals surface area contributed by atoms with E-state index in [0.29, 0.717) is 6.04 Å². The molecule has 0 aliphatic rings. The summed E-state index contributed by atoms with van der Waals surface area (Å²) in [7, 11) is 0. The second kappa shape index (κ2) is 4.39. The Morgan fingerprint density at radius 2 is 2.38 bits per heavy atom. The van der Waals surface area contributed by atoms with Gasteiger partial charge in [0.2, 0.25) is 0 Å². The lowest BCUT2D eigenvalue weighted by Gasteiger charge is -2.08. The van der Waals surface area contributed by atoms with Gasteiger partial charge in [-0.3, -0.25) is 4.68 Å². The minimum atomic E-state index is -0.585. The summed E-state index contributed by atoms with van der Waals surface area (Å²) < 4.78 is 1.86. The summed E-state index contributed by atoms with van der Waals surface area (Å²) in [6.07, 6.45) is 3.97. The van der Waals surface area contributed by atoms with E-state index in [2.05, 4.69) is 18.9 Å². The first kappa shape index (κ1) is 10.2. The number of aliphatic hydroxyl groups excluding tert-OH is 1. The highest BCUT2D eigenvalue weighted by Gasteiger charge is 2.09. The molecule has 74 valence electrons. The van der Waals surface area contributed by atoms with Crippen molar-refractivity contribution < 1.29 is 5.11 Å². The van der Waals surface area contributed by atoms with Gasteiger partial charge in [-0.1, -0.05) is 6.92 Å². The Labute approximate surface area is 78.4 Å². The maximum Gasteiger partial charge on any atom is 0.0942 e. The van der Waals surface area contributed by atoms with Crippen LogP contribution in [0.25, 0.3) is 0 Å². The first-order valence-corrected chi connectivity index (χ1v) is 4.61. The lowest BCUT2D eigenvalue weighted by Crippen LogP contribution is -2.11. The Balaban J connectivity index is 2.74. The normalized spacial score (nSPS) is 15.7. The molecule has 13 heavy (non-hydrogen) atoms. The molecule has 1 rings (SSSR count). The van der Waals surface area contributed by atoms with Crippen LogP contribution >= 0.6 is 0 Å². The lowest BCUT2D eigenvalue weighted by molar-refractivity contribution is 0.186. The van der Waals surface area contributed by atoms with Crippen molar-refractivity contribution in [1.82, 2.24) is 9.78 Å². The van der Waals surface area contributed by atoms with E-state index in [1.165, 1.54) is 0 Å². The summed E-state index contributed by atoms with van der Waals surface area (Å²) >= 11 is 0. The van der Waals surface area contributed by atoms with Crippen molar-refractivity contribution >= 4 is 0 Å². The SMILES string of the molecule is CCC(C)n1cc(C(O)CN)cn1. The summed E-state index contributed by atoms with van der Waals surface area (Å²) in [5.41, 5.74) is 6.13. The van der Waals surface area contributed by atoms with Crippen LogP contribution in [0.1, 0.15) is 38.0 Å². The van der Waals surface area contributed by atoms with Crippen LogP contribution in [-0.4, -0.2) is 21.4 Å². The third-order valence-electron chi connectivity index (χ3n) is 2.27. The molecule has 2 unspecified atom stereocenters. The average Bonchev–Trinajstić information content (AvgIpc) is 2.64. The van der Waals surface area contributed by atoms with Gasteiger partial charge in [0.15, 0.2) is 0 Å². The summed E-state index contributed by atoms with van der Waals surface area (Å²) in [5.74, 6) is 0. The molecule has 0 saturated carbocycles. The van der Waals surface area contributed by atoms with Crippen molar-refractivity contribution in [3.05, 3.63) is 18.0 Å². The number of nitrogens with two attached hydrogens (primary N) is 1. The van der Waals surface area contributed by atoms with Crippen molar-refractivity contribution in [2.75, 3.05) is 6.54 Å². The van der Waals surface area contributed by atoms with Gasteiger partial charge in [-0.15, -0.1) is 0 Å². The van der Waals surface area contributed by atoms with Crippen LogP contribution in [0.2, 0.25) is 0 Å². The van der Waals surface area contributed by atoms with Gasteiger partial charge in [-0.05, 0) is 13.3 Å². The highest BCUT2D eigenvalue weighted by atomic mass is 16.3. The predicted molar refractivity (Wildman–Crippen MR) is 51.2 cm³/mol. The van der Waals surface area contributed by atoms with Crippen LogP contribution in [0.5, 0.6) is 0 Å². The van der Waals surface area contributed by atoms with Gasteiger partial charge >= 0.3 is 0 Å². The molecule has 0 aliphatic heterocycles. The zero-order valence-corrected chi connectivity index (χ0v) is 8.14. The first-order valence-electron chi connectivity index (χ1n) is 4.61. The van der Waals surface area contributed by atoms with Gasteiger partial charge in [-0.25, -0.2) is 0 Å². The Kier molecular flexibility index (Phi) is 3.45. The summed E-state index contributed by atoms with van der Waals surface area (Å²) in [6, 6.07) is 0.374. The molecule has 0 fully saturated rings. The van der Waals surface area contributed by atoms with Gasteiger partial charge in [0.25, 0.3) is 0 Å². The molecule has 0 amide bonds. The summed E-state index contributed by atoms with van der Waals surface area (Å²) in [5, 5.41) is 13.6. The molecule has 1 heterocycles. The Morgan fingerprint density at radius 3 is 2.92 bits per heavy atom. The van der Waals surface area contributed by atoms with E-state index in [-0.39, 0.29) is 6.54 Å². The maximum absolute atomic E-state index is 9.42. The van der Waals surface area contributed by atoms with Crippen molar-refractivity contribution in [1.29, 1.82) is 0 Å². The lowest BCUT2D eigenvalue weighted by atomic mass is 10.2. The van der Waals surface area contributed by atoms with E-state index in [1.807, 2.05) is 10.9 Å². The van der Waals surface area contributed by atoms with Gasteiger partial charge < -0.3 is 10.8 Å². The van der Waals surface area contributed by atoms with Gasteiger partial charge in [0.05, 0.1) is 12.3 Å². The second-order valence-corrected chi connectivity index (χ2v) is 3.26.